The van der Waals surface area contributed by atoms with Gasteiger partial charge in [0.05, 0.1) is 26.4 Å². The van der Waals surface area contributed by atoms with Crippen molar-refractivity contribution >= 4 is 16.5 Å². The van der Waals surface area contributed by atoms with Gasteiger partial charge in [0.25, 0.3) is 0 Å². The molecule has 0 unspecified atom stereocenters. The molecule has 0 spiro atoms. The minimum atomic E-state index is 0.479. The van der Waals surface area contributed by atoms with Crippen molar-refractivity contribution in [2.75, 3.05) is 45.9 Å². The zero-order chi connectivity index (χ0) is 11.6. The van der Waals surface area contributed by atoms with Gasteiger partial charge in [-0.2, -0.15) is 0 Å². The van der Waals surface area contributed by atoms with Crippen molar-refractivity contribution in [3.05, 3.63) is 5.01 Å². The molecule has 6 nitrogen and oxygen atoms in total. The number of hydrogen-bond acceptors (Lipinski definition) is 7. The van der Waals surface area contributed by atoms with Crippen LogP contribution in [0.15, 0.2) is 0 Å². The fourth-order valence-electron chi connectivity index (χ4n) is 0.935. The summed E-state index contributed by atoms with van der Waals surface area (Å²) in [5.41, 5.74) is 0. The number of methoxy groups -OCH3 is 1. The summed E-state index contributed by atoms with van der Waals surface area (Å²) in [5.74, 6) is 0. The summed E-state index contributed by atoms with van der Waals surface area (Å²) in [6.45, 7) is 2.82. The molecule has 1 aromatic heterocycles. The van der Waals surface area contributed by atoms with Gasteiger partial charge < -0.3 is 19.5 Å². The van der Waals surface area contributed by atoms with Crippen LogP contribution in [0.25, 0.3) is 0 Å². The first-order valence-electron chi connectivity index (χ1n) is 5.01. The Labute approximate surface area is 98.9 Å². The van der Waals surface area contributed by atoms with Gasteiger partial charge >= 0.3 is 0 Å². The summed E-state index contributed by atoms with van der Waals surface area (Å²) in [6.07, 6.45) is 0. The molecule has 7 heteroatoms. The first-order valence-corrected chi connectivity index (χ1v) is 5.83. The third kappa shape index (κ3) is 5.36. The van der Waals surface area contributed by atoms with Crippen LogP contribution in [0.5, 0.6) is 0 Å². The Morgan fingerprint density at radius 2 is 1.88 bits per heavy atom. The highest BCUT2D eigenvalue weighted by Gasteiger charge is 2.01. The SMILES string of the molecule is CNc1nnc(COCCOCCOC)s1. The van der Waals surface area contributed by atoms with Crippen molar-refractivity contribution in [2.45, 2.75) is 6.61 Å². The number of aromatic nitrogens is 2. The Morgan fingerprint density at radius 3 is 2.56 bits per heavy atom. The van der Waals surface area contributed by atoms with E-state index in [-0.39, 0.29) is 0 Å². The lowest BCUT2D eigenvalue weighted by molar-refractivity contribution is 0.0198. The lowest BCUT2D eigenvalue weighted by Crippen LogP contribution is -2.08. The van der Waals surface area contributed by atoms with Crippen LogP contribution in [0.3, 0.4) is 0 Å². The van der Waals surface area contributed by atoms with Crippen molar-refractivity contribution < 1.29 is 14.2 Å². The second-order valence-corrected chi connectivity index (χ2v) is 3.97. The van der Waals surface area contributed by atoms with Crippen LogP contribution in [-0.4, -0.2) is 50.8 Å². The van der Waals surface area contributed by atoms with Crippen molar-refractivity contribution in [1.82, 2.24) is 10.2 Å². The largest absolute Gasteiger partial charge is 0.382 e. The molecule has 0 saturated carbocycles. The molecule has 0 aliphatic heterocycles. The monoisotopic (exact) mass is 247 g/mol. The van der Waals surface area contributed by atoms with Crippen LogP contribution in [0.1, 0.15) is 5.01 Å². The maximum atomic E-state index is 5.37. The lowest BCUT2D eigenvalue weighted by Gasteiger charge is -2.03. The number of anilines is 1. The number of nitrogens with one attached hydrogen (secondary N) is 1. The van der Waals surface area contributed by atoms with Gasteiger partial charge in [0.15, 0.2) is 0 Å². The summed E-state index contributed by atoms with van der Waals surface area (Å²) in [6, 6.07) is 0. The van der Waals surface area contributed by atoms with Crippen LogP contribution in [-0.2, 0) is 20.8 Å². The highest BCUT2D eigenvalue weighted by Crippen LogP contribution is 2.14. The Bertz CT molecular complexity index is 283. The molecule has 0 aliphatic rings. The Hall–Kier alpha value is -0.760. The quantitative estimate of drug-likeness (QED) is 0.650. The molecule has 0 radical (unpaired) electrons. The average Bonchev–Trinajstić information content (AvgIpc) is 2.76. The summed E-state index contributed by atoms with van der Waals surface area (Å²) in [7, 11) is 3.46. The lowest BCUT2D eigenvalue weighted by atomic mass is 10.7. The normalized spacial score (nSPS) is 10.6. The van der Waals surface area contributed by atoms with Gasteiger partial charge in [-0.15, -0.1) is 10.2 Å². The maximum Gasteiger partial charge on any atom is 0.205 e. The molecule has 1 aromatic rings. The molecule has 0 atom stereocenters. The molecular weight excluding hydrogens is 230 g/mol. The Kier molecular flexibility index (Phi) is 6.98. The second kappa shape index (κ2) is 8.40. The zero-order valence-electron chi connectivity index (χ0n) is 9.56. The summed E-state index contributed by atoms with van der Waals surface area (Å²) in [4.78, 5) is 0. The van der Waals surface area contributed by atoms with Gasteiger partial charge in [0.1, 0.15) is 11.6 Å². The topological polar surface area (TPSA) is 65.5 Å². The van der Waals surface area contributed by atoms with Crippen molar-refractivity contribution in [1.29, 1.82) is 0 Å². The highest BCUT2D eigenvalue weighted by molar-refractivity contribution is 7.15. The average molecular weight is 247 g/mol. The van der Waals surface area contributed by atoms with E-state index in [4.69, 9.17) is 14.2 Å². The highest BCUT2D eigenvalue weighted by atomic mass is 32.1. The molecule has 92 valence electrons. The molecule has 0 aliphatic carbocycles. The second-order valence-electron chi connectivity index (χ2n) is 2.91. The van der Waals surface area contributed by atoms with E-state index in [0.29, 0.717) is 33.0 Å². The molecule has 1 rings (SSSR count). The molecule has 0 aromatic carbocycles. The van der Waals surface area contributed by atoms with Gasteiger partial charge in [-0.3, -0.25) is 0 Å². The first kappa shape index (κ1) is 13.3. The first-order chi connectivity index (χ1) is 7.86. The Morgan fingerprint density at radius 1 is 1.12 bits per heavy atom. The number of hydrogen-bond donors (Lipinski definition) is 1. The number of nitrogens with zero attached hydrogens (tertiary/aromatic N) is 2. The van der Waals surface area contributed by atoms with E-state index < -0.39 is 0 Å². The minimum Gasteiger partial charge on any atom is -0.382 e. The molecule has 1 heterocycles. The maximum absolute atomic E-state index is 5.37. The van der Waals surface area contributed by atoms with Crippen LogP contribution >= 0.6 is 11.3 Å². The zero-order valence-corrected chi connectivity index (χ0v) is 10.4. The van der Waals surface area contributed by atoms with Gasteiger partial charge in [-0.05, 0) is 0 Å². The van der Waals surface area contributed by atoms with E-state index in [0.717, 1.165) is 10.1 Å². The van der Waals surface area contributed by atoms with E-state index in [9.17, 15) is 0 Å². The number of rotatable bonds is 9. The predicted octanol–water partition coefficient (Wildman–Crippen LogP) is 0.759. The molecule has 0 amide bonds. The standard InChI is InChI=1S/C9H17N3O3S/c1-10-9-12-11-8(16-9)7-15-6-5-14-4-3-13-2/h3-7H2,1-2H3,(H,10,12). The third-order valence-electron chi connectivity index (χ3n) is 1.71. The van der Waals surface area contributed by atoms with E-state index in [1.807, 2.05) is 7.05 Å². The van der Waals surface area contributed by atoms with Crippen LogP contribution in [0.4, 0.5) is 5.13 Å². The van der Waals surface area contributed by atoms with Crippen LogP contribution in [0.2, 0.25) is 0 Å². The van der Waals surface area contributed by atoms with Crippen LogP contribution < -0.4 is 5.32 Å². The fourth-order valence-corrected chi connectivity index (χ4v) is 1.57. The fraction of sp³-hybridized carbons (Fsp3) is 0.778. The van der Waals surface area contributed by atoms with E-state index in [1.165, 1.54) is 11.3 Å². The number of ether oxygens (including phenoxy) is 3. The molecule has 0 saturated heterocycles. The van der Waals surface area contributed by atoms with E-state index in [2.05, 4.69) is 15.5 Å². The van der Waals surface area contributed by atoms with Crippen LogP contribution in [0, 0.1) is 0 Å². The van der Waals surface area contributed by atoms with E-state index in [1.54, 1.807) is 7.11 Å². The van der Waals surface area contributed by atoms with Gasteiger partial charge in [-0.25, -0.2) is 0 Å². The van der Waals surface area contributed by atoms with E-state index >= 15 is 0 Å². The predicted molar refractivity (Wildman–Crippen MR) is 61.8 cm³/mol. The molecule has 16 heavy (non-hydrogen) atoms. The smallest absolute Gasteiger partial charge is 0.205 e. The van der Waals surface area contributed by atoms with Gasteiger partial charge in [0.2, 0.25) is 5.13 Å². The van der Waals surface area contributed by atoms with Gasteiger partial charge in [-0.1, -0.05) is 11.3 Å². The van der Waals surface area contributed by atoms with Gasteiger partial charge in [0, 0.05) is 14.2 Å². The third-order valence-corrected chi connectivity index (χ3v) is 2.62. The van der Waals surface area contributed by atoms with Crippen molar-refractivity contribution in [3.63, 3.8) is 0 Å². The summed E-state index contributed by atoms with van der Waals surface area (Å²) < 4.78 is 15.5. The van der Waals surface area contributed by atoms with Crippen molar-refractivity contribution in [2.24, 2.45) is 0 Å². The molecular formula is C9H17N3O3S. The Balaban J connectivity index is 1.98. The molecule has 1 N–H and O–H groups in total. The van der Waals surface area contributed by atoms with Crippen molar-refractivity contribution in [3.8, 4) is 0 Å². The molecule has 0 bridgehead atoms. The molecule has 0 fully saturated rings. The summed E-state index contributed by atoms with van der Waals surface area (Å²) in [5, 5.41) is 12.4. The minimum absolute atomic E-state index is 0.479. The summed E-state index contributed by atoms with van der Waals surface area (Å²) >= 11 is 1.49.